The Hall–Kier alpha value is -0.830. The molecule has 0 saturated carbocycles. The van der Waals surface area contributed by atoms with Gasteiger partial charge in [0.1, 0.15) is 0 Å². The third-order valence-electron chi connectivity index (χ3n) is 2.24. The first-order valence-electron chi connectivity index (χ1n) is 4.31. The lowest BCUT2D eigenvalue weighted by Crippen LogP contribution is -2.28. The van der Waals surface area contributed by atoms with Crippen LogP contribution in [0.5, 0.6) is 0 Å². The Bertz CT molecular complexity index is 179. The summed E-state index contributed by atoms with van der Waals surface area (Å²) in [6.07, 6.45) is 2.51. The van der Waals surface area contributed by atoms with E-state index in [9.17, 15) is 4.79 Å². The molecule has 1 fully saturated rings. The molecule has 0 aromatic carbocycles. The fraction of sp³-hybridized carbons (Fsp3) is 0.667. The van der Waals surface area contributed by atoms with Gasteiger partial charge in [0.2, 0.25) is 5.91 Å². The zero-order valence-corrected chi connectivity index (χ0v) is 7.55. The quantitative estimate of drug-likeness (QED) is 0.612. The topological polar surface area (TPSA) is 32.3 Å². The highest BCUT2D eigenvalue weighted by atomic mass is 16.1. The van der Waals surface area contributed by atoms with Crippen molar-refractivity contribution >= 4 is 5.91 Å². The molecule has 0 aliphatic carbocycles. The van der Waals surface area contributed by atoms with E-state index in [1.165, 1.54) is 12.5 Å². The fourth-order valence-electron chi connectivity index (χ4n) is 1.51. The minimum Gasteiger partial charge on any atom is -0.352 e. The van der Waals surface area contributed by atoms with Gasteiger partial charge in [-0.15, -0.1) is 0 Å². The Kier molecular flexibility index (Phi) is 3.29. The normalized spacial score (nSPS) is 23.9. The molecule has 12 heavy (non-hydrogen) atoms. The first kappa shape index (κ1) is 9.26. The van der Waals surface area contributed by atoms with Crippen molar-refractivity contribution in [3.8, 4) is 0 Å². The highest BCUT2D eigenvalue weighted by Crippen LogP contribution is 2.12. The standard InChI is InChI=1S/C9H16N2O/c1-3-9(12)10-6-8-4-5-11(2)7-8/h3,8H,1,4-7H2,2H3,(H,10,12). The lowest BCUT2D eigenvalue weighted by Gasteiger charge is -2.10. The van der Waals surface area contributed by atoms with Gasteiger partial charge in [0, 0.05) is 13.1 Å². The van der Waals surface area contributed by atoms with Gasteiger partial charge in [0.05, 0.1) is 0 Å². The van der Waals surface area contributed by atoms with Gasteiger partial charge < -0.3 is 10.2 Å². The summed E-state index contributed by atoms with van der Waals surface area (Å²) in [5.41, 5.74) is 0. The molecule has 1 saturated heterocycles. The van der Waals surface area contributed by atoms with Crippen LogP contribution in [0.1, 0.15) is 6.42 Å². The molecule has 1 aliphatic heterocycles. The number of carbonyl (C=O) groups is 1. The van der Waals surface area contributed by atoms with Crippen molar-refractivity contribution in [2.24, 2.45) is 5.92 Å². The lowest BCUT2D eigenvalue weighted by atomic mass is 10.1. The summed E-state index contributed by atoms with van der Waals surface area (Å²) in [4.78, 5) is 13.1. The number of carbonyl (C=O) groups excluding carboxylic acids is 1. The van der Waals surface area contributed by atoms with E-state index in [1.807, 2.05) is 0 Å². The predicted molar refractivity (Wildman–Crippen MR) is 48.8 cm³/mol. The summed E-state index contributed by atoms with van der Waals surface area (Å²) in [5, 5.41) is 2.81. The summed E-state index contributed by atoms with van der Waals surface area (Å²) in [6, 6.07) is 0. The van der Waals surface area contributed by atoms with E-state index >= 15 is 0 Å². The summed E-state index contributed by atoms with van der Waals surface area (Å²) in [7, 11) is 2.11. The molecule has 0 spiro atoms. The minimum atomic E-state index is -0.0652. The number of hydrogen-bond acceptors (Lipinski definition) is 2. The minimum absolute atomic E-state index is 0.0652. The molecule has 1 atom stereocenters. The molecule has 68 valence electrons. The number of hydrogen-bond donors (Lipinski definition) is 1. The van der Waals surface area contributed by atoms with Gasteiger partial charge in [-0.3, -0.25) is 4.79 Å². The van der Waals surface area contributed by atoms with E-state index in [2.05, 4.69) is 23.8 Å². The van der Waals surface area contributed by atoms with Crippen molar-refractivity contribution in [3.63, 3.8) is 0 Å². The van der Waals surface area contributed by atoms with Gasteiger partial charge in [-0.2, -0.15) is 0 Å². The zero-order chi connectivity index (χ0) is 8.97. The molecule has 3 heteroatoms. The Morgan fingerprint density at radius 1 is 1.83 bits per heavy atom. The first-order valence-corrected chi connectivity index (χ1v) is 4.31. The molecule has 3 nitrogen and oxygen atoms in total. The maximum atomic E-state index is 10.8. The molecule has 1 rings (SSSR count). The molecule has 0 radical (unpaired) electrons. The van der Waals surface area contributed by atoms with E-state index in [4.69, 9.17) is 0 Å². The summed E-state index contributed by atoms with van der Waals surface area (Å²) < 4.78 is 0. The van der Waals surface area contributed by atoms with Gasteiger partial charge in [-0.25, -0.2) is 0 Å². The molecule has 0 aromatic heterocycles. The molecular formula is C9H16N2O. The smallest absolute Gasteiger partial charge is 0.243 e. The average Bonchev–Trinajstić information content (AvgIpc) is 2.47. The second-order valence-corrected chi connectivity index (χ2v) is 3.37. The summed E-state index contributed by atoms with van der Waals surface area (Å²) >= 11 is 0. The SMILES string of the molecule is C=CC(=O)NCC1CCN(C)C1. The van der Waals surface area contributed by atoms with E-state index in [-0.39, 0.29) is 5.91 Å². The van der Waals surface area contributed by atoms with Crippen molar-refractivity contribution in [1.82, 2.24) is 10.2 Å². The Morgan fingerprint density at radius 2 is 2.58 bits per heavy atom. The van der Waals surface area contributed by atoms with Crippen molar-refractivity contribution in [2.45, 2.75) is 6.42 Å². The van der Waals surface area contributed by atoms with Crippen molar-refractivity contribution in [2.75, 3.05) is 26.7 Å². The zero-order valence-electron chi connectivity index (χ0n) is 7.55. The van der Waals surface area contributed by atoms with Crippen molar-refractivity contribution in [3.05, 3.63) is 12.7 Å². The second-order valence-electron chi connectivity index (χ2n) is 3.37. The first-order chi connectivity index (χ1) is 5.72. The summed E-state index contributed by atoms with van der Waals surface area (Å²) in [5.74, 6) is 0.559. The lowest BCUT2D eigenvalue weighted by molar-refractivity contribution is -0.116. The van der Waals surface area contributed by atoms with E-state index < -0.39 is 0 Å². The number of rotatable bonds is 3. The van der Waals surface area contributed by atoms with Crippen LogP contribution in [0.25, 0.3) is 0 Å². The third-order valence-corrected chi connectivity index (χ3v) is 2.24. The Labute approximate surface area is 73.4 Å². The molecule has 1 N–H and O–H groups in total. The molecule has 0 aromatic rings. The van der Waals surface area contributed by atoms with Crippen LogP contribution in [0.4, 0.5) is 0 Å². The van der Waals surface area contributed by atoms with Crippen LogP contribution >= 0.6 is 0 Å². The van der Waals surface area contributed by atoms with Crippen LogP contribution in [-0.4, -0.2) is 37.5 Å². The Balaban J connectivity index is 2.15. The molecule has 1 heterocycles. The van der Waals surface area contributed by atoms with Gasteiger partial charge in [-0.05, 0) is 32.0 Å². The maximum absolute atomic E-state index is 10.8. The summed E-state index contributed by atoms with van der Waals surface area (Å²) in [6.45, 7) is 6.43. The monoisotopic (exact) mass is 168 g/mol. The largest absolute Gasteiger partial charge is 0.352 e. The van der Waals surface area contributed by atoms with E-state index in [0.29, 0.717) is 5.92 Å². The number of amides is 1. The number of nitrogens with one attached hydrogen (secondary N) is 1. The third kappa shape index (κ3) is 2.66. The number of likely N-dealkylation sites (tertiary alicyclic amines) is 1. The molecular weight excluding hydrogens is 152 g/mol. The molecule has 1 amide bonds. The van der Waals surface area contributed by atoms with E-state index in [0.717, 1.165) is 19.6 Å². The van der Waals surface area contributed by atoms with Gasteiger partial charge in [0.15, 0.2) is 0 Å². The predicted octanol–water partition coefficient (Wildman–Crippen LogP) is 0.240. The van der Waals surface area contributed by atoms with Crippen LogP contribution in [0.15, 0.2) is 12.7 Å². The van der Waals surface area contributed by atoms with E-state index in [1.54, 1.807) is 0 Å². The molecule has 1 aliphatic rings. The van der Waals surface area contributed by atoms with Crippen LogP contribution in [0.3, 0.4) is 0 Å². The fourth-order valence-corrected chi connectivity index (χ4v) is 1.51. The van der Waals surface area contributed by atoms with Crippen molar-refractivity contribution in [1.29, 1.82) is 0 Å². The average molecular weight is 168 g/mol. The highest BCUT2D eigenvalue weighted by molar-refractivity contribution is 5.86. The van der Waals surface area contributed by atoms with Crippen LogP contribution in [0, 0.1) is 5.92 Å². The highest BCUT2D eigenvalue weighted by Gasteiger charge is 2.18. The second kappa shape index (κ2) is 4.26. The maximum Gasteiger partial charge on any atom is 0.243 e. The Morgan fingerprint density at radius 3 is 3.08 bits per heavy atom. The van der Waals surface area contributed by atoms with Gasteiger partial charge in [0.25, 0.3) is 0 Å². The molecule has 0 bridgehead atoms. The molecule has 1 unspecified atom stereocenters. The van der Waals surface area contributed by atoms with Gasteiger partial charge in [-0.1, -0.05) is 6.58 Å². The van der Waals surface area contributed by atoms with Crippen LogP contribution in [-0.2, 0) is 4.79 Å². The van der Waals surface area contributed by atoms with Gasteiger partial charge >= 0.3 is 0 Å². The van der Waals surface area contributed by atoms with Crippen LogP contribution < -0.4 is 5.32 Å². The van der Waals surface area contributed by atoms with Crippen LogP contribution in [0.2, 0.25) is 0 Å². The van der Waals surface area contributed by atoms with Crippen molar-refractivity contribution < 1.29 is 4.79 Å². The number of nitrogens with zero attached hydrogens (tertiary/aromatic N) is 1.